The zero-order valence-corrected chi connectivity index (χ0v) is 22.1. The summed E-state index contributed by atoms with van der Waals surface area (Å²) in [4.78, 5) is 30.1. The molecule has 1 aliphatic carbocycles. The molecule has 1 fully saturated rings. The normalized spacial score (nSPS) is 14.8. The Hall–Kier alpha value is -4.14. The Morgan fingerprint density at radius 1 is 1.32 bits per heavy atom. The van der Waals surface area contributed by atoms with Gasteiger partial charge in [0.2, 0.25) is 5.88 Å². The molecule has 1 amide bonds. The standard InChI is InChI=1S/C26H26ClN7O3S/c1-34-22(23(30)37-15-26(9-10-26)38-33-21-4-2-3-20(27)32-21)18(13-29)11-19(25(34)36)24(35)31-14-17-7-5-16(12-28)6-8-17/h2-8,11,13H,9-10,14-15,29-30H2,1H3,(H,31,35)(H,32,33)/b18-13-,23-22-. The molecule has 3 aromatic rings. The molecule has 1 saturated carbocycles. The lowest BCUT2D eigenvalue weighted by Crippen LogP contribution is -2.48. The highest BCUT2D eigenvalue weighted by atomic mass is 35.5. The second-order valence-electron chi connectivity index (χ2n) is 8.77. The predicted octanol–water partition coefficient (Wildman–Crippen LogP) is 1.27. The molecule has 1 aliphatic rings. The molecule has 2 aromatic heterocycles. The van der Waals surface area contributed by atoms with Gasteiger partial charge in [-0.05, 0) is 60.7 Å². The number of aromatic nitrogens is 2. The average Bonchev–Trinajstić information content (AvgIpc) is 3.71. The summed E-state index contributed by atoms with van der Waals surface area (Å²) >= 11 is 7.43. The van der Waals surface area contributed by atoms with Crippen molar-refractivity contribution in [3.8, 4) is 6.07 Å². The average molecular weight is 552 g/mol. The van der Waals surface area contributed by atoms with Crippen LogP contribution < -0.4 is 37.6 Å². The van der Waals surface area contributed by atoms with Crippen LogP contribution in [0.5, 0.6) is 0 Å². The number of pyridine rings is 2. The third kappa shape index (κ3) is 6.22. The molecule has 0 unspecified atom stereocenters. The lowest BCUT2D eigenvalue weighted by Gasteiger charge is -2.17. The Kier molecular flexibility index (Phi) is 8.14. The van der Waals surface area contributed by atoms with Gasteiger partial charge in [-0.3, -0.25) is 9.59 Å². The summed E-state index contributed by atoms with van der Waals surface area (Å²) in [6.07, 6.45) is 3.09. The van der Waals surface area contributed by atoms with Gasteiger partial charge in [0.15, 0.2) is 0 Å². The van der Waals surface area contributed by atoms with Crippen LogP contribution in [-0.2, 0) is 18.3 Å². The molecule has 38 heavy (non-hydrogen) atoms. The maximum Gasteiger partial charge on any atom is 0.263 e. The smallest absolute Gasteiger partial charge is 0.263 e. The lowest BCUT2D eigenvalue weighted by molar-refractivity contribution is 0.0948. The first kappa shape index (κ1) is 26.9. The fraction of sp³-hybridized carbons (Fsp3) is 0.231. The summed E-state index contributed by atoms with van der Waals surface area (Å²) in [7, 11) is 1.51. The van der Waals surface area contributed by atoms with Gasteiger partial charge < -0.3 is 30.8 Å². The van der Waals surface area contributed by atoms with Crippen molar-refractivity contribution in [3.63, 3.8) is 0 Å². The van der Waals surface area contributed by atoms with Gasteiger partial charge in [-0.1, -0.05) is 29.8 Å². The van der Waals surface area contributed by atoms with Crippen molar-refractivity contribution in [2.24, 2.45) is 18.5 Å². The number of amides is 1. The molecule has 6 N–H and O–H groups in total. The minimum Gasteiger partial charge on any atom is -0.476 e. The molecule has 0 bridgehead atoms. The highest BCUT2D eigenvalue weighted by Gasteiger charge is 2.45. The molecule has 12 heteroatoms. The molecule has 2 heterocycles. The second-order valence-corrected chi connectivity index (χ2v) is 10.4. The number of rotatable bonds is 9. The van der Waals surface area contributed by atoms with Crippen LogP contribution in [0.25, 0.3) is 12.1 Å². The number of benzene rings is 1. The molecule has 196 valence electrons. The van der Waals surface area contributed by atoms with E-state index in [4.69, 9.17) is 33.1 Å². The summed E-state index contributed by atoms with van der Waals surface area (Å²) in [5, 5.41) is 12.7. The van der Waals surface area contributed by atoms with Crippen LogP contribution in [0.3, 0.4) is 0 Å². The van der Waals surface area contributed by atoms with Crippen LogP contribution in [0.1, 0.15) is 34.3 Å². The molecule has 0 radical (unpaired) electrons. The third-order valence-electron chi connectivity index (χ3n) is 6.02. The van der Waals surface area contributed by atoms with E-state index in [0.29, 0.717) is 28.4 Å². The van der Waals surface area contributed by atoms with E-state index >= 15 is 0 Å². The van der Waals surface area contributed by atoms with Gasteiger partial charge in [-0.15, -0.1) is 0 Å². The summed E-state index contributed by atoms with van der Waals surface area (Å²) in [5.74, 6) is 0.109. The first-order valence-corrected chi connectivity index (χ1v) is 12.8. The Labute approximate surface area is 228 Å². The summed E-state index contributed by atoms with van der Waals surface area (Å²) in [5.41, 5.74) is 12.8. The van der Waals surface area contributed by atoms with Crippen molar-refractivity contribution < 1.29 is 9.53 Å². The molecule has 0 spiro atoms. The van der Waals surface area contributed by atoms with Gasteiger partial charge in [0.05, 0.1) is 16.4 Å². The fourth-order valence-corrected chi connectivity index (χ4v) is 4.67. The van der Waals surface area contributed by atoms with Crippen molar-refractivity contribution in [3.05, 3.63) is 91.3 Å². The van der Waals surface area contributed by atoms with Crippen LogP contribution in [0.4, 0.5) is 5.82 Å². The summed E-state index contributed by atoms with van der Waals surface area (Å²) in [6, 6.07) is 15.5. The number of carbonyl (C=O) groups is 1. The van der Waals surface area contributed by atoms with E-state index in [-0.39, 0.29) is 28.1 Å². The van der Waals surface area contributed by atoms with Gasteiger partial charge in [0, 0.05) is 25.0 Å². The van der Waals surface area contributed by atoms with Crippen LogP contribution >= 0.6 is 23.5 Å². The minimum atomic E-state index is -0.557. The SMILES string of the molecule is Cn1c(=O)c(C(=O)NCc2ccc(C#N)cc2)cc(=C/N)/c1=C(\N)OCC1(SNc2cccc(Cl)n2)CC1. The monoisotopic (exact) mass is 551 g/mol. The van der Waals surface area contributed by atoms with E-state index in [1.54, 1.807) is 30.3 Å². The Balaban J connectivity index is 1.48. The van der Waals surface area contributed by atoms with Gasteiger partial charge in [-0.25, -0.2) is 4.98 Å². The molecule has 4 rings (SSSR count). The highest BCUT2D eigenvalue weighted by molar-refractivity contribution is 8.02. The quantitative estimate of drug-likeness (QED) is 0.227. The van der Waals surface area contributed by atoms with Crippen LogP contribution in [0.2, 0.25) is 5.15 Å². The first-order chi connectivity index (χ1) is 18.2. The fourth-order valence-electron chi connectivity index (χ4n) is 3.65. The zero-order chi connectivity index (χ0) is 27.3. The Morgan fingerprint density at radius 3 is 2.68 bits per heavy atom. The topological polar surface area (TPSA) is 161 Å². The van der Waals surface area contributed by atoms with E-state index in [2.05, 4.69) is 15.0 Å². The number of anilines is 1. The molecule has 0 atom stereocenters. The Morgan fingerprint density at radius 2 is 2.05 bits per heavy atom. The largest absolute Gasteiger partial charge is 0.476 e. The van der Waals surface area contributed by atoms with E-state index in [1.165, 1.54) is 35.8 Å². The molecule has 1 aromatic carbocycles. The number of halogens is 1. The second kappa shape index (κ2) is 11.5. The maximum atomic E-state index is 13.1. The van der Waals surface area contributed by atoms with Crippen LogP contribution in [0.15, 0.2) is 53.3 Å². The maximum absolute atomic E-state index is 13.1. The molecule has 0 aliphatic heterocycles. The minimum absolute atomic E-state index is 0.0265. The molecule has 0 saturated heterocycles. The Bertz CT molecular complexity index is 1580. The van der Waals surface area contributed by atoms with Gasteiger partial charge in [0.1, 0.15) is 28.5 Å². The number of nitrogens with one attached hydrogen (secondary N) is 2. The number of nitrogens with two attached hydrogens (primary N) is 2. The van der Waals surface area contributed by atoms with Crippen molar-refractivity contribution in [2.75, 3.05) is 11.3 Å². The summed E-state index contributed by atoms with van der Waals surface area (Å²) < 4.78 is 10.1. The zero-order valence-electron chi connectivity index (χ0n) is 20.5. The summed E-state index contributed by atoms with van der Waals surface area (Å²) in [6.45, 7) is 0.481. The number of ether oxygens (including phenoxy) is 1. The van der Waals surface area contributed by atoms with Crippen LogP contribution in [0, 0.1) is 11.3 Å². The number of carbonyl (C=O) groups excluding carboxylic acids is 1. The number of nitrogens with zero attached hydrogens (tertiary/aromatic N) is 3. The third-order valence-corrected chi connectivity index (χ3v) is 7.50. The van der Waals surface area contributed by atoms with Crippen LogP contribution in [-0.4, -0.2) is 26.8 Å². The first-order valence-electron chi connectivity index (χ1n) is 11.6. The van der Waals surface area contributed by atoms with Crippen molar-refractivity contribution >= 4 is 47.4 Å². The number of nitriles is 1. The predicted molar refractivity (Wildman–Crippen MR) is 148 cm³/mol. The van der Waals surface area contributed by atoms with E-state index in [9.17, 15) is 9.59 Å². The van der Waals surface area contributed by atoms with Gasteiger partial charge in [0.25, 0.3) is 11.5 Å². The van der Waals surface area contributed by atoms with Crippen molar-refractivity contribution in [1.29, 1.82) is 5.26 Å². The van der Waals surface area contributed by atoms with E-state index in [1.807, 2.05) is 18.2 Å². The molecule has 10 nitrogen and oxygen atoms in total. The van der Waals surface area contributed by atoms with Crippen molar-refractivity contribution in [2.45, 2.75) is 24.1 Å². The number of hydrogen-bond donors (Lipinski definition) is 4. The van der Waals surface area contributed by atoms with Crippen molar-refractivity contribution in [1.82, 2.24) is 14.9 Å². The highest BCUT2D eigenvalue weighted by Crippen LogP contribution is 2.48. The number of hydrogen-bond acceptors (Lipinski definition) is 9. The van der Waals surface area contributed by atoms with E-state index in [0.717, 1.165) is 18.4 Å². The van der Waals surface area contributed by atoms with E-state index < -0.39 is 11.5 Å². The van der Waals surface area contributed by atoms with Gasteiger partial charge >= 0.3 is 0 Å². The molecular formula is C26H26ClN7O3S. The van der Waals surface area contributed by atoms with Gasteiger partial charge in [-0.2, -0.15) is 5.26 Å². The lowest BCUT2D eigenvalue weighted by atomic mass is 10.1. The molecular weight excluding hydrogens is 526 g/mol.